The molecule has 2 heterocycles. The quantitative estimate of drug-likeness (QED) is 0.322. The van der Waals surface area contributed by atoms with Crippen molar-refractivity contribution in [1.82, 2.24) is 9.38 Å². The van der Waals surface area contributed by atoms with Gasteiger partial charge in [0.15, 0.2) is 4.96 Å². The summed E-state index contributed by atoms with van der Waals surface area (Å²) in [6.07, 6.45) is 0. The molecule has 0 saturated heterocycles. The van der Waals surface area contributed by atoms with Crippen LogP contribution in [0.4, 0.5) is 0 Å². The maximum atomic E-state index is 4.86. The zero-order valence-corrected chi connectivity index (χ0v) is 15.6. The van der Waals surface area contributed by atoms with Crippen LogP contribution >= 0.6 is 27.3 Å². The van der Waals surface area contributed by atoms with Crippen LogP contribution in [0, 0.1) is 0 Å². The van der Waals surface area contributed by atoms with E-state index in [9.17, 15) is 0 Å². The van der Waals surface area contributed by atoms with Crippen molar-refractivity contribution in [1.29, 1.82) is 0 Å². The maximum Gasteiger partial charge on any atom is 0.196 e. The lowest BCUT2D eigenvalue weighted by molar-refractivity contribution is 1.25. The number of hydrogen-bond donors (Lipinski definition) is 0. The number of halogens is 1. The molecule has 120 valence electrons. The van der Waals surface area contributed by atoms with Gasteiger partial charge in [-0.1, -0.05) is 78.1 Å². The van der Waals surface area contributed by atoms with Gasteiger partial charge in [-0.15, -0.1) is 0 Å². The van der Waals surface area contributed by atoms with Gasteiger partial charge >= 0.3 is 0 Å². The Morgan fingerprint density at radius 3 is 2.16 bits per heavy atom. The van der Waals surface area contributed by atoms with Gasteiger partial charge < -0.3 is 0 Å². The van der Waals surface area contributed by atoms with Gasteiger partial charge in [0.25, 0.3) is 0 Å². The lowest BCUT2D eigenvalue weighted by Crippen LogP contribution is -1.84. The number of thiazole rings is 1. The second-order valence-electron chi connectivity index (χ2n) is 5.89. The first-order valence-electron chi connectivity index (χ1n) is 8.02. The van der Waals surface area contributed by atoms with Gasteiger partial charge in [-0.2, -0.15) is 0 Å². The van der Waals surface area contributed by atoms with Crippen molar-refractivity contribution < 1.29 is 0 Å². The van der Waals surface area contributed by atoms with Crippen LogP contribution in [0.25, 0.3) is 37.6 Å². The van der Waals surface area contributed by atoms with Crippen molar-refractivity contribution in [3.8, 4) is 22.4 Å². The molecule has 0 bridgehead atoms. The van der Waals surface area contributed by atoms with Gasteiger partial charge in [0.1, 0.15) is 10.3 Å². The molecule has 0 unspecified atom stereocenters. The Morgan fingerprint density at radius 2 is 1.44 bits per heavy atom. The van der Waals surface area contributed by atoms with Gasteiger partial charge in [0.05, 0.1) is 10.2 Å². The van der Waals surface area contributed by atoms with Crippen LogP contribution < -0.4 is 0 Å². The Kier molecular flexibility index (Phi) is 3.47. The molecule has 0 radical (unpaired) electrons. The first-order valence-corrected chi connectivity index (χ1v) is 9.63. The number of hydrogen-bond acceptors (Lipinski definition) is 2. The normalized spacial score (nSPS) is 11.4. The summed E-state index contributed by atoms with van der Waals surface area (Å²) in [5.74, 6) is 0. The molecule has 3 aromatic carbocycles. The fourth-order valence-electron chi connectivity index (χ4n) is 3.13. The molecule has 25 heavy (non-hydrogen) atoms. The molecule has 0 aliphatic carbocycles. The molecule has 2 aromatic heterocycles. The monoisotopic (exact) mass is 404 g/mol. The number of aromatic nitrogens is 2. The Bertz CT molecular complexity index is 1190. The predicted molar refractivity (Wildman–Crippen MR) is 109 cm³/mol. The highest BCUT2D eigenvalue weighted by Gasteiger charge is 2.16. The summed E-state index contributed by atoms with van der Waals surface area (Å²) in [6, 6.07) is 27.4. The van der Waals surface area contributed by atoms with E-state index in [2.05, 4.69) is 74.9 Å². The lowest BCUT2D eigenvalue weighted by Gasteiger charge is -2.03. The topological polar surface area (TPSA) is 17.3 Å². The van der Waals surface area contributed by atoms with Crippen LogP contribution in [0.2, 0.25) is 0 Å². The lowest BCUT2D eigenvalue weighted by atomic mass is 10.1. The molecule has 0 amide bonds. The molecule has 5 aromatic rings. The van der Waals surface area contributed by atoms with E-state index in [1.54, 1.807) is 11.3 Å². The SMILES string of the molecule is Brc1c(-c2ccccc2)nc2sc3ccc(-c4ccccc4)cc3n12. The number of benzene rings is 3. The third kappa shape index (κ3) is 2.41. The Hall–Kier alpha value is -2.43. The Morgan fingerprint density at radius 1 is 0.760 bits per heavy atom. The summed E-state index contributed by atoms with van der Waals surface area (Å²) in [4.78, 5) is 5.86. The second kappa shape index (κ2) is 5.83. The standard InChI is InChI=1S/C21H13BrN2S/c22-20-19(15-9-5-2-6-10-15)23-21-24(20)17-13-16(11-12-18(17)25-21)14-7-3-1-4-8-14/h1-13H. The summed E-state index contributed by atoms with van der Waals surface area (Å²) in [6.45, 7) is 0. The molecule has 0 saturated carbocycles. The van der Waals surface area contributed by atoms with Crippen molar-refractivity contribution in [3.05, 3.63) is 83.5 Å². The van der Waals surface area contributed by atoms with Crippen molar-refractivity contribution in [3.63, 3.8) is 0 Å². The van der Waals surface area contributed by atoms with Gasteiger partial charge in [-0.3, -0.25) is 4.40 Å². The largest absolute Gasteiger partial charge is 0.277 e. The zero-order chi connectivity index (χ0) is 16.8. The van der Waals surface area contributed by atoms with Gasteiger partial charge in [-0.25, -0.2) is 4.98 Å². The van der Waals surface area contributed by atoms with E-state index in [0.717, 1.165) is 20.8 Å². The number of nitrogens with zero attached hydrogens (tertiary/aromatic N) is 2. The van der Waals surface area contributed by atoms with Crippen LogP contribution in [0.5, 0.6) is 0 Å². The van der Waals surface area contributed by atoms with Crippen LogP contribution in [0.1, 0.15) is 0 Å². The Labute approximate surface area is 157 Å². The van der Waals surface area contributed by atoms with Gasteiger partial charge in [0.2, 0.25) is 0 Å². The van der Waals surface area contributed by atoms with Crippen LogP contribution in [-0.4, -0.2) is 9.38 Å². The second-order valence-corrected chi connectivity index (χ2v) is 7.65. The third-order valence-electron chi connectivity index (χ3n) is 4.35. The van der Waals surface area contributed by atoms with Crippen molar-refractivity contribution >= 4 is 42.4 Å². The number of fused-ring (bicyclic) bond motifs is 3. The summed E-state index contributed by atoms with van der Waals surface area (Å²) in [7, 11) is 0. The van der Waals surface area contributed by atoms with E-state index < -0.39 is 0 Å². The highest BCUT2D eigenvalue weighted by Crippen LogP contribution is 2.37. The molecule has 0 N–H and O–H groups in total. The minimum atomic E-state index is 0.985. The smallest absolute Gasteiger partial charge is 0.196 e. The molecule has 0 fully saturated rings. The highest BCUT2D eigenvalue weighted by molar-refractivity contribution is 9.10. The molecular weight excluding hydrogens is 392 g/mol. The van der Waals surface area contributed by atoms with E-state index in [4.69, 9.17) is 4.98 Å². The van der Waals surface area contributed by atoms with Crippen molar-refractivity contribution in [2.24, 2.45) is 0 Å². The fraction of sp³-hybridized carbons (Fsp3) is 0. The fourth-order valence-corrected chi connectivity index (χ4v) is 4.92. The molecule has 4 heteroatoms. The van der Waals surface area contributed by atoms with Gasteiger partial charge in [0, 0.05) is 5.56 Å². The molecular formula is C21H13BrN2S. The summed E-state index contributed by atoms with van der Waals surface area (Å²) in [5.41, 5.74) is 5.73. The average Bonchev–Trinajstić information content (AvgIpc) is 3.19. The zero-order valence-electron chi connectivity index (χ0n) is 13.2. The van der Waals surface area contributed by atoms with E-state index in [0.29, 0.717) is 0 Å². The van der Waals surface area contributed by atoms with E-state index in [1.807, 2.05) is 24.3 Å². The number of imidazole rings is 1. The first kappa shape index (κ1) is 14.9. The van der Waals surface area contributed by atoms with Crippen LogP contribution in [-0.2, 0) is 0 Å². The molecule has 0 atom stereocenters. The number of rotatable bonds is 2. The molecule has 0 spiro atoms. The molecule has 2 nitrogen and oxygen atoms in total. The summed E-state index contributed by atoms with van der Waals surface area (Å²) in [5, 5.41) is 0. The summed E-state index contributed by atoms with van der Waals surface area (Å²) < 4.78 is 4.45. The first-order chi connectivity index (χ1) is 12.3. The van der Waals surface area contributed by atoms with Crippen LogP contribution in [0.15, 0.2) is 83.5 Å². The molecule has 0 aliphatic rings. The van der Waals surface area contributed by atoms with E-state index in [-0.39, 0.29) is 0 Å². The third-order valence-corrected chi connectivity index (χ3v) is 6.10. The van der Waals surface area contributed by atoms with E-state index in [1.165, 1.54) is 21.3 Å². The predicted octanol–water partition coefficient (Wildman–Crippen LogP) is 6.65. The molecule has 0 aliphatic heterocycles. The minimum absolute atomic E-state index is 0.985. The summed E-state index contributed by atoms with van der Waals surface area (Å²) >= 11 is 5.49. The average molecular weight is 405 g/mol. The van der Waals surface area contributed by atoms with Crippen molar-refractivity contribution in [2.75, 3.05) is 0 Å². The highest BCUT2D eigenvalue weighted by atomic mass is 79.9. The Balaban J connectivity index is 1.76. The minimum Gasteiger partial charge on any atom is -0.277 e. The maximum absolute atomic E-state index is 4.86. The van der Waals surface area contributed by atoms with Crippen molar-refractivity contribution in [2.45, 2.75) is 0 Å². The van der Waals surface area contributed by atoms with Gasteiger partial charge in [-0.05, 0) is 39.2 Å². The van der Waals surface area contributed by atoms with Crippen LogP contribution in [0.3, 0.4) is 0 Å². The molecule has 5 rings (SSSR count). The van der Waals surface area contributed by atoms with E-state index >= 15 is 0 Å².